The largest absolute Gasteiger partial charge is 0.483 e. The molecule has 0 unspecified atom stereocenters. The van der Waals surface area contributed by atoms with E-state index in [0.29, 0.717) is 11.3 Å². The number of aromatic nitrogens is 1. The summed E-state index contributed by atoms with van der Waals surface area (Å²) in [5.41, 5.74) is 0.895. The Morgan fingerprint density at radius 3 is 2.34 bits per heavy atom. The number of hydrogen-bond donors (Lipinski definition) is 1. The smallest absolute Gasteiger partial charge is 0.274 e. The van der Waals surface area contributed by atoms with Crippen molar-refractivity contribution in [3.05, 3.63) is 58.0 Å². The molecule has 0 aliphatic rings. The van der Waals surface area contributed by atoms with Gasteiger partial charge in [0.15, 0.2) is 6.61 Å². The molecule has 7 heteroatoms. The molecule has 0 radical (unpaired) electrons. The summed E-state index contributed by atoms with van der Waals surface area (Å²) in [6, 6.07) is 8.78. The van der Waals surface area contributed by atoms with Crippen molar-refractivity contribution in [1.82, 2.24) is 9.47 Å². The number of hydrogen-bond acceptors (Lipinski definition) is 4. The Kier molecular flexibility index (Phi) is 7.20. The fourth-order valence-electron chi connectivity index (χ4n) is 3.18. The van der Waals surface area contributed by atoms with Crippen molar-refractivity contribution >= 4 is 17.5 Å². The molecule has 0 saturated carbocycles. The molecule has 7 nitrogen and oxygen atoms in total. The fraction of sp³-hybridized carbons (Fsp3) is 0.409. The zero-order valence-corrected chi connectivity index (χ0v) is 17.9. The predicted octanol–water partition coefficient (Wildman–Crippen LogP) is 2.97. The standard InChI is InChI=1S/C22H29N3O4/c1-14(2)25(15(3)4)21(27)17-11-18(22(28)24(6)12-17)23-20(26)13-29-19-10-8-7-9-16(19)5/h7-12,14-15H,13H2,1-6H3,(H,23,26). The van der Waals surface area contributed by atoms with Gasteiger partial charge in [0.2, 0.25) is 0 Å². The summed E-state index contributed by atoms with van der Waals surface area (Å²) in [7, 11) is 1.55. The number of aryl methyl sites for hydroxylation is 2. The van der Waals surface area contributed by atoms with E-state index in [-0.39, 0.29) is 30.3 Å². The second-order valence-electron chi connectivity index (χ2n) is 7.56. The number of rotatable bonds is 7. The van der Waals surface area contributed by atoms with Gasteiger partial charge in [0.1, 0.15) is 11.4 Å². The third-order valence-electron chi connectivity index (χ3n) is 4.50. The van der Waals surface area contributed by atoms with Crippen molar-refractivity contribution in [2.24, 2.45) is 7.05 Å². The lowest BCUT2D eigenvalue weighted by atomic mass is 10.1. The first kappa shape index (κ1) is 22.2. The van der Waals surface area contributed by atoms with Gasteiger partial charge in [0.25, 0.3) is 17.4 Å². The predicted molar refractivity (Wildman–Crippen MR) is 113 cm³/mol. The highest BCUT2D eigenvalue weighted by atomic mass is 16.5. The minimum absolute atomic E-state index is 0.000266. The molecule has 1 heterocycles. The molecule has 2 rings (SSSR count). The van der Waals surface area contributed by atoms with Crippen molar-refractivity contribution in [2.45, 2.75) is 46.7 Å². The van der Waals surface area contributed by atoms with Crippen LogP contribution in [0, 0.1) is 6.92 Å². The molecule has 0 spiro atoms. The first-order chi connectivity index (χ1) is 13.6. The van der Waals surface area contributed by atoms with E-state index in [0.717, 1.165) is 5.56 Å². The number of anilines is 1. The fourth-order valence-corrected chi connectivity index (χ4v) is 3.18. The molecule has 0 atom stereocenters. The van der Waals surface area contributed by atoms with E-state index in [1.807, 2.05) is 52.8 Å². The van der Waals surface area contributed by atoms with Crippen molar-refractivity contribution in [3.8, 4) is 5.75 Å². The number of ether oxygens (including phenoxy) is 1. The Hall–Kier alpha value is -3.09. The van der Waals surface area contributed by atoms with Crippen LogP contribution in [0.2, 0.25) is 0 Å². The van der Waals surface area contributed by atoms with Gasteiger partial charge in [-0.05, 0) is 52.3 Å². The van der Waals surface area contributed by atoms with Gasteiger partial charge in [0, 0.05) is 25.3 Å². The molecule has 1 aromatic carbocycles. The Labute approximate surface area is 171 Å². The van der Waals surface area contributed by atoms with Crippen LogP contribution in [0.1, 0.15) is 43.6 Å². The highest BCUT2D eigenvalue weighted by Crippen LogP contribution is 2.17. The molecule has 0 fully saturated rings. The van der Waals surface area contributed by atoms with Crippen LogP contribution in [0.4, 0.5) is 5.69 Å². The maximum atomic E-state index is 13.0. The van der Waals surface area contributed by atoms with Crippen LogP contribution in [0.5, 0.6) is 5.75 Å². The number of pyridine rings is 1. The Bertz CT molecular complexity index is 939. The van der Waals surface area contributed by atoms with Gasteiger partial charge in [-0.2, -0.15) is 0 Å². The van der Waals surface area contributed by atoms with Crippen LogP contribution in [-0.4, -0.2) is 40.0 Å². The van der Waals surface area contributed by atoms with Crippen LogP contribution < -0.4 is 15.6 Å². The third kappa shape index (κ3) is 5.47. The molecular formula is C22H29N3O4. The molecule has 0 saturated heterocycles. The number of benzene rings is 1. The lowest BCUT2D eigenvalue weighted by Gasteiger charge is -2.31. The molecule has 29 heavy (non-hydrogen) atoms. The second kappa shape index (κ2) is 9.41. The van der Waals surface area contributed by atoms with Crippen LogP contribution in [0.25, 0.3) is 0 Å². The minimum atomic E-state index is -0.473. The Balaban J connectivity index is 2.20. The Morgan fingerprint density at radius 2 is 1.76 bits per heavy atom. The first-order valence-corrected chi connectivity index (χ1v) is 9.63. The van der Waals surface area contributed by atoms with Crippen LogP contribution >= 0.6 is 0 Å². The average Bonchev–Trinajstić information content (AvgIpc) is 2.64. The molecule has 1 aromatic heterocycles. The number of nitrogens with zero attached hydrogens (tertiary/aromatic N) is 2. The summed E-state index contributed by atoms with van der Waals surface area (Å²) in [5.74, 6) is -0.0687. The second-order valence-corrected chi connectivity index (χ2v) is 7.56. The highest BCUT2D eigenvalue weighted by Gasteiger charge is 2.23. The average molecular weight is 399 g/mol. The topological polar surface area (TPSA) is 80.6 Å². The van der Waals surface area contributed by atoms with Gasteiger partial charge in [-0.3, -0.25) is 14.4 Å². The van der Waals surface area contributed by atoms with Crippen molar-refractivity contribution in [3.63, 3.8) is 0 Å². The lowest BCUT2D eigenvalue weighted by Crippen LogP contribution is -2.42. The Morgan fingerprint density at radius 1 is 1.14 bits per heavy atom. The minimum Gasteiger partial charge on any atom is -0.483 e. The molecule has 2 aromatic rings. The molecule has 2 amide bonds. The van der Waals surface area contributed by atoms with E-state index in [1.54, 1.807) is 18.0 Å². The summed E-state index contributed by atoms with van der Waals surface area (Å²) < 4.78 is 6.82. The molecule has 0 aliphatic heterocycles. The van der Waals surface area contributed by atoms with Crippen LogP contribution in [0.3, 0.4) is 0 Å². The molecule has 1 N–H and O–H groups in total. The van der Waals surface area contributed by atoms with Gasteiger partial charge < -0.3 is 19.5 Å². The van der Waals surface area contributed by atoms with E-state index in [9.17, 15) is 14.4 Å². The van der Waals surface area contributed by atoms with Gasteiger partial charge in [-0.15, -0.1) is 0 Å². The van der Waals surface area contributed by atoms with Crippen molar-refractivity contribution < 1.29 is 14.3 Å². The number of para-hydroxylation sites is 1. The first-order valence-electron chi connectivity index (χ1n) is 9.63. The monoisotopic (exact) mass is 399 g/mol. The zero-order chi connectivity index (χ0) is 21.7. The number of carbonyl (C=O) groups excluding carboxylic acids is 2. The van der Waals surface area contributed by atoms with E-state index in [4.69, 9.17) is 4.74 Å². The van der Waals surface area contributed by atoms with Gasteiger partial charge in [-0.1, -0.05) is 18.2 Å². The van der Waals surface area contributed by atoms with Crippen LogP contribution in [0.15, 0.2) is 41.3 Å². The summed E-state index contributed by atoms with van der Waals surface area (Å²) >= 11 is 0. The lowest BCUT2D eigenvalue weighted by molar-refractivity contribution is -0.118. The molecule has 0 aliphatic carbocycles. The third-order valence-corrected chi connectivity index (χ3v) is 4.50. The molecular weight excluding hydrogens is 370 g/mol. The summed E-state index contributed by atoms with van der Waals surface area (Å²) in [4.78, 5) is 39.4. The van der Waals surface area contributed by atoms with E-state index >= 15 is 0 Å². The van der Waals surface area contributed by atoms with E-state index < -0.39 is 11.5 Å². The van der Waals surface area contributed by atoms with Crippen LogP contribution in [-0.2, 0) is 11.8 Å². The number of amides is 2. The summed E-state index contributed by atoms with van der Waals surface area (Å²) in [6.45, 7) is 9.39. The highest BCUT2D eigenvalue weighted by molar-refractivity contribution is 5.97. The summed E-state index contributed by atoms with van der Waals surface area (Å²) in [5, 5.41) is 2.57. The van der Waals surface area contributed by atoms with Gasteiger partial charge in [-0.25, -0.2) is 0 Å². The maximum absolute atomic E-state index is 13.0. The van der Waals surface area contributed by atoms with Gasteiger partial charge >= 0.3 is 0 Å². The zero-order valence-electron chi connectivity index (χ0n) is 17.9. The summed E-state index contributed by atoms with van der Waals surface area (Å²) in [6.07, 6.45) is 1.49. The quantitative estimate of drug-likeness (QED) is 0.776. The van der Waals surface area contributed by atoms with Crippen molar-refractivity contribution in [2.75, 3.05) is 11.9 Å². The van der Waals surface area contributed by atoms with Crippen molar-refractivity contribution in [1.29, 1.82) is 0 Å². The van der Waals surface area contributed by atoms with E-state index in [2.05, 4.69) is 5.32 Å². The SMILES string of the molecule is Cc1ccccc1OCC(=O)Nc1cc(C(=O)N(C(C)C)C(C)C)cn(C)c1=O. The van der Waals surface area contributed by atoms with E-state index in [1.165, 1.54) is 16.8 Å². The number of nitrogens with one attached hydrogen (secondary N) is 1. The molecule has 156 valence electrons. The normalized spacial score (nSPS) is 10.9. The van der Waals surface area contributed by atoms with Gasteiger partial charge in [0.05, 0.1) is 5.56 Å². The maximum Gasteiger partial charge on any atom is 0.274 e. The number of carbonyl (C=O) groups is 2. The molecule has 0 bridgehead atoms.